The summed E-state index contributed by atoms with van der Waals surface area (Å²) in [5.74, 6) is 3.91. The van der Waals surface area contributed by atoms with Gasteiger partial charge in [-0.15, -0.1) is 0 Å². The Bertz CT molecular complexity index is 1180. The average molecular weight is 671 g/mol. The Kier molecular flexibility index (Phi) is 15.7. The van der Waals surface area contributed by atoms with E-state index >= 15 is 0 Å². The zero-order chi connectivity index (χ0) is 32.9. The molecule has 0 aromatic heterocycles. The second-order valence-electron chi connectivity index (χ2n) is 10.7. The molecular formula is C36H46O12. The van der Waals surface area contributed by atoms with Crippen molar-refractivity contribution in [1.29, 1.82) is 0 Å². The summed E-state index contributed by atoms with van der Waals surface area (Å²) in [6.45, 7) is 7.03. The van der Waals surface area contributed by atoms with Crippen LogP contribution in [0.5, 0.6) is 34.5 Å². The van der Waals surface area contributed by atoms with E-state index in [1.165, 1.54) is 0 Å². The third-order valence-corrected chi connectivity index (χ3v) is 6.97. The minimum atomic E-state index is 0.349. The Hall–Kier alpha value is -3.78. The van der Waals surface area contributed by atoms with E-state index in [9.17, 15) is 0 Å². The zero-order valence-electron chi connectivity index (χ0n) is 27.4. The second kappa shape index (κ2) is 21.2. The molecule has 0 amide bonds. The average Bonchev–Trinajstić information content (AvgIpc) is 3.09. The van der Waals surface area contributed by atoms with Crippen LogP contribution in [0, 0.1) is 0 Å². The van der Waals surface area contributed by atoms with E-state index in [4.69, 9.17) is 56.8 Å². The molecule has 0 unspecified atom stereocenters. The normalized spacial score (nSPS) is 18.7. The van der Waals surface area contributed by atoms with Crippen molar-refractivity contribution in [1.82, 2.24) is 0 Å². The number of para-hydroxylation sites is 2. The smallest absolute Gasteiger partial charge is 0.161 e. The predicted molar refractivity (Wildman–Crippen MR) is 175 cm³/mol. The minimum absolute atomic E-state index is 0.349. The van der Waals surface area contributed by atoms with Crippen molar-refractivity contribution in [2.45, 2.75) is 13.2 Å². The third-order valence-electron chi connectivity index (χ3n) is 6.97. The molecule has 3 aliphatic rings. The van der Waals surface area contributed by atoms with E-state index in [-0.39, 0.29) is 0 Å². The lowest BCUT2D eigenvalue weighted by Crippen LogP contribution is -2.15. The quantitative estimate of drug-likeness (QED) is 0.315. The number of rotatable bonds is 0. The number of hydrogen-bond donors (Lipinski definition) is 0. The fourth-order valence-electron chi connectivity index (χ4n) is 4.77. The maximum Gasteiger partial charge on any atom is 0.161 e. The van der Waals surface area contributed by atoms with Gasteiger partial charge in [-0.1, -0.05) is 12.1 Å². The van der Waals surface area contributed by atoms with E-state index in [2.05, 4.69) is 0 Å². The molecule has 6 bridgehead atoms. The first-order valence-electron chi connectivity index (χ1n) is 16.4. The molecular weight excluding hydrogens is 624 g/mol. The van der Waals surface area contributed by atoms with Crippen LogP contribution in [0.2, 0.25) is 0 Å². The molecule has 3 heterocycles. The third kappa shape index (κ3) is 13.4. The Balaban J connectivity index is 1.29. The SMILES string of the molecule is c1ccc2c(c1)OCCOCc1cc3cc(c1)OCCOCCOCCOc1cc(cc(c1)OCCOCCOCCO3)COCCO2. The number of hydrogen-bond acceptors (Lipinski definition) is 12. The van der Waals surface area contributed by atoms with Crippen LogP contribution in [0.3, 0.4) is 0 Å². The Labute approximate surface area is 281 Å². The van der Waals surface area contributed by atoms with Gasteiger partial charge in [-0.3, -0.25) is 0 Å². The summed E-state index contributed by atoms with van der Waals surface area (Å²) in [5.41, 5.74) is 1.81. The number of ether oxygens (including phenoxy) is 12. The fourth-order valence-corrected chi connectivity index (χ4v) is 4.77. The summed E-state index contributed by atoms with van der Waals surface area (Å²) in [6, 6.07) is 19.0. The van der Waals surface area contributed by atoms with Gasteiger partial charge in [0.25, 0.3) is 0 Å². The van der Waals surface area contributed by atoms with E-state index in [0.29, 0.717) is 153 Å². The predicted octanol–water partition coefficient (Wildman–Crippen LogP) is 4.49. The molecule has 3 aromatic rings. The monoisotopic (exact) mass is 670 g/mol. The number of fused-ring (bicyclic) bond motifs is 26. The first-order valence-corrected chi connectivity index (χ1v) is 16.4. The molecule has 0 aliphatic carbocycles. The highest BCUT2D eigenvalue weighted by molar-refractivity contribution is 5.40. The van der Waals surface area contributed by atoms with Gasteiger partial charge in [0.2, 0.25) is 0 Å². The molecule has 262 valence electrons. The van der Waals surface area contributed by atoms with Crippen LogP contribution >= 0.6 is 0 Å². The molecule has 0 spiro atoms. The van der Waals surface area contributed by atoms with E-state index in [0.717, 1.165) is 11.1 Å². The maximum atomic E-state index is 5.99. The topological polar surface area (TPSA) is 111 Å². The van der Waals surface area contributed by atoms with Crippen LogP contribution < -0.4 is 28.4 Å². The van der Waals surface area contributed by atoms with Gasteiger partial charge in [-0.25, -0.2) is 0 Å². The van der Waals surface area contributed by atoms with Crippen LogP contribution in [0.15, 0.2) is 60.7 Å². The summed E-state index contributed by atoms with van der Waals surface area (Å²) in [5, 5.41) is 0. The van der Waals surface area contributed by atoms with Crippen molar-refractivity contribution in [3.8, 4) is 34.5 Å². The van der Waals surface area contributed by atoms with Gasteiger partial charge < -0.3 is 56.8 Å². The molecule has 0 atom stereocenters. The van der Waals surface area contributed by atoms with E-state index < -0.39 is 0 Å². The second-order valence-corrected chi connectivity index (χ2v) is 10.7. The lowest BCUT2D eigenvalue weighted by molar-refractivity contribution is 0.0259. The molecule has 0 saturated heterocycles. The lowest BCUT2D eigenvalue weighted by atomic mass is 10.2. The molecule has 12 heteroatoms. The van der Waals surface area contributed by atoms with Gasteiger partial charge >= 0.3 is 0 Å². The molecule has 0 saturated carbocycles. The van der Waals surface area contributed by atoms with Gasteiger partial charge in [0.15, 0.2) is 11.5 Å². The van der Waals surface area contributed by atoms with Crippen LogP contribution in [0.25, 0.3) is 0 Å². The summed E-state index contributed by atoms with van der Waals surface area (Å²) in [7, 11) is 0. The van der Waals surface area contributed by atoms with Crippen LogP contribution in [-0.2, 0) is 41.6 Å². The van der Waals surface area contributed by atoms with Gasteiger partial charge in [-0.05, 0) is 47.5 Å². The summed E-state index contributed by atoms with van der Waals surface area (Å²) < 4.78 is 70.6. The van der Waals surface area contributed by atoms with Gasteiger partial charge in [0.1, 0.15) is 62.6 Å². The standard InChI is InChI=1S/C36H46O12/c1-2-4-36-35(3-1)47-19-13-41-27-29-21-31-25-32(22-29)44-16-10-38-6-8-40-12-18-46-34-24-30(28-42-14-20-48-36)23-33(26-34)45-17-11-39-7-5-37-9-15-43-31/h1-4,21-26H,5-20,27-28H2. The summed E-state index contributed by atoms with van der Waals surface area (Å²) in [6.07, 6.45) is 0. The highest BCUT2D eigenvalue weighted by Gasteiger charge is 2.09. The Morgan fingerprint density at radius 3 is 0.938 bits per heavy atom. The number of benzene rings is 3. The zero-order valence-corrected chi connectivity index (χ0v) is 27.4. The van der Waals surface area contributed by atoms with Crippen LogP contribution in [0.1, 0.15) is 11.1 Å². The van der Waals surface area contributed by atoms with Gasteiger partial charge in [0.05, 0.1) is 79.3 Å². The Morgan fingerprint density at radius 2 is 0.583 bits per heavy atom. The molecule has 0 N–H and O–H groups in total. The minimum Gasteiger partial charge on any atom is -0.491 e. The largest absolute Gasteiger partial charge is 0.491 e. The van der Waals surface area contributed by atoms with Crippen molar-refractivity contribution in [2.75, 3.05) is 106 Å². The fraction of sp³-hybridized carbons (Fsp3) is 0.500. The summed E-state index contributed by atoms with van der Waals surface area (Å²) >= 11 is 0. The van der Waals surface area contributed by atoms with Crippen molar-refractivity contribution >= 4 is 0 Å². The molecule has 12 nitrogen and oxygen atoms in total. The molecule has 0 radical (unpaired) electrons. The van der Waals surface area contributed by atoms with Gasteiger partial charge in [-0.2, -0.15) is 0 Å². The summed E-state index contributed by atoms with van der Waals surface area (Å²) in [4.78, 5) is 0. The van der Waals surface area contributed by atoms with E-state index in [1.807, 2.05) is 60.7 Å². The van der Waals surface area contributed by atoms with Crippen molar-refractivity contribution < 1.29 is 56.8 Å². The molecule has 3 aliphatic heterocycles. The van der Waals surface area contributed by atoms with Crippen LogP contribution in [-0.4, -0.2) is 106 Å². The lowest BCUT2D eigenvalue weighted by Gasteiger charge is -2.15. The van der Waals surface area contributed by atoms with Crippen molar-refractivity contribution in [3.63, 3.8) is 0 Å². The Morgan fingerprint density at radius 1 is 0.292 bits per heavy atom. The first kappa shape index (κ1) is 35.5. The molecule has 3 aromatic carbocycles. The maximum absolute atomic E-state index is 5.99. The molecule has 48 heavy (non-hydrogen) atoms. The van der Waals surface area contributed by atoms with Crippen LogP contribution in [0.4, 0.5) is 0 Å². The van der Waals surface area contributed by atoms with E-state index in [1.54, 1.807) is 0 Å². The van der Waals surface area contributed by atoms with Crippen molar-refractivity contribution in [3.05, 3.63) is 71.8 Å². The van der Waals surface area contributed by atoms with Crippen molar-refractivity contribution in [2.24, 2.45) is 0 Å². The highest BCUT2D eigenvalue weighted by atomic mass is 16.6. The highest BCUT2D eigenvalue weighted by Crippen LogP contribution is 2.27. The first-order chi connectivity index (χ1) is 23.8. The molecule has 0 fully saturated rings. The van der Waals surface area contributed by atoms with Gasteiger partial charge in [0, 0.05) is 12.1 Å². The molecule has 6 rings (SSSR count).